The van der Waals surface area contributed by atoms with Crippen LogP contribution in [0, 0.1) is 12.8 Å². The van der Waals surface area contributed by atoms with Crippen LogP contribution in [-0.2, 0) is 48.0 Å². The molecule has 0 saturated carbocycles. The summed E-state index contributed by atoms with van der Waals surface area (Å²) in [6.45, 7) is 13.8. The maximum atomic E-state index is 13.0. The normalized spacial score (nSPS) is 13.0. The molecular formula is C56H74N5O11P. The number of unbranched alkanes of at least 4 members (excludes halogenated alkanes) is 2. The Bertz CT molecular complexity index is 2340. The van der Waals surface area contributed by atoms with E-state index in [4.69, 9.17) is 27.8 Å². The topological polar surface area (TPSA) is 187 Å². The Balaban J connectivity index is 0.000000266. The number of furan rings is 1. The lowest BCUT2D eigenvalue weighted by Gasteiger charge is -2.31. The van der Waals surface area contributed by atoms with Crippen LogP contribution in [0.3, 0.4) is 0 Å². The van der Waals surface area contributed by atoms with E-state index in [1.165, 1.54) is 29.9 Å². The highest BCUT2D eigenvalue weighted by Crippen LogP contribution is 2.39. The summed E-state index contributed by atoms with van der Waals surface area (Å²) in [6.07, 6.45) is 6.87. The summed E-state index contributed by atoms with van der Waals surface area (Å²) in [6, 6.07) is 34.1. The second-order valence-electron chi connectivity index (χ2n) is 17.0. The molecule has 1 aromatic heterocycles. The molecule has 1 saturated heterocycles. The Morgan fingerprint density at radius 2 is 1.45 bits per heavy atom. The van der Waals surface area contributed by atoms with E-state index < -0.39 is 26.2 Å². The van der Waals surface area contributed by atoms with Crippen LogP contribution in [0.15, 0.2) is 114 Å². The SMILES string of the molecule is CCCCCC(C(=O)NCNC(=O)c1ccc(-c2ccc(C=O)c(OCC)c2)o1)C(CC)N(C=O)OC.CNCP(OCc1ccccc1)OCc1ccccc1.Cc1cc(CN2CCOCC2)ccc1C=O. The van der Waals surface area contributed by atoms with Crippen molar-refractivity contribution in [3.8, 4) is 17.1 Å². The van der Waals surface area contributed by atoms with Crippen LogP contribution in [0.25, 0.3) is 11.3 Å². The molecule has 1 fully saturated rings. The zero-order valence-electron chi connectivity index (χ0n) is 43.2. The van der Waals surface area contributed by atoms with Gasteiger partial charge >= 0.3 is 0 Å². The van der Waals surface area contributed by atoms with Gasteiger partial charge in [0.15, 0.2) is 20.4 Å². The first-order valence-corrected chi connectivity index (χ1v) is 26.2. The molecule has 0 spiro atoms. The number of amides is 3. The van der Waals surface area contributed by atoms with Gasteiger partial charge in [-0.15, -0.1) is 0 Å². The minimum Gasteiger partial charge on any atom is -0.493 e. The second-order valence-corrected chi connectivity index (χ2v) is 18.5. The van der Waals surface area contributed by atoms with Crippen molar-refractivity contribution in [3.63, 3.8) is 0 Å². The zero-order chi connectivity index (χ0) is 52.6. The average Bonchev–Trinajstić information content (AvgIpc) is 3.93. The third-order valence-corrected chi connectivity index (χ3v) is 13.1. The number of ether oxygens (including phenoxy) is 2. The Hall–Kier alpha value is -6.10. The van der Waals surface area contributed by atoms with E-state index in [9.17, 15) is 24.0 Å². The number of nitrogens with one attached hydrogen (secondary N) is 3. The van der Waals surface area contributed by atoms with Gasteiger partial charge < -0.3 is 38.9 Å². The van der Waals surface area contributed by atoms with Crippen molar-refractivity contribution >= 4 is 39.2 Å². The number of hydroxylamine groups is 2. The van der Waals surface area contributed by atoms with Crippen LogP contribution in [0.2, 0.25) is 0 Å². The number of hydrogen-bond acceptors (Lipinski definition) is 13. The van der Waals surface area contributed by atoms with Crippen molar-refractivity contribution < 1.29 is 51.7 Å². The highest BCUT2D eigenvalue weighted by molar-refractivity contribution is 7.47. The lowest BCUT2D eigenvalue weighted by atomic mass is 9.90. The third kappa shape index (κ3) is 20.7. The lowest BCUT2D eigenvalue weighted by molar-refractivity contribution is -0.181. The lowest BCUT2D eigenvalue weighted by Crippen LogP contribution is -2.48. The molecule has 3 amide bonds. The second kappa shape index (κ2) is 34.3. The summed E-state index contributed by atoms with van der Waals surface area (Å²) in [5.74, 6) is -0.321. The summed E-state index contributed by atoms with van der Waals surface area (Å²) in [5, 5.41) is 9.65. The minimum absolute atomic E-state index is 0.0686. The number of nitrogens with zero attached hydrogens (tertiary/aromatic N) is 2. The molecule has 3 N–H and O–H groups in total. The van der Waals surface area contributed by atoms with Crippen molar-refractivity contribution in [1.29, 1.82) is 0 Å². The highest BCUT2D eigenvalue weighted by Gasteiger charge is 2.31. The first kappa shape index (κ1) is 59.5. The molecule has 394 valence electrons. The Morgan fingerprint density at radius 1 is 0.795 bits per heavy atom. The standard InChI is InChI=1S/C27H37N3O7.C16H20NO2P.C13H17NO2/c1-5-8-9-10-21(22(6-2)30(18-32)35-4)26(33)28-17-29-27(34)24-14-13-23(37-24)19-11-12-20(16-31)25(15-19)36-7-3;1-17-14-20(18-12-15-8-4-2-5-9-15)19-13-16-10-6-3-7-11-16;1-11-8-12(2-3-13(11)10-15)9-14-4-6-16-7-5-14/h11-16,18,21-22H,5-10,17H2,1-4H3,(H,28,33)(H,29,34);2-11,17H,12-14H2,1H3;2-3,8,10H,4-7,9H2,1H3. The van der Waals surface area contributed by atoms with Gasteiger partial charge in [-0.05, 0) is 80.3 Å². The van der Waals surface area contributed by atoms with Gasteiger partial charge in [0.05, 0.1) is 70.6 Å². The zero-order valence-corrected chi connectivity index (χ0v) is 44.1. The average molecular weight is 1020 g/mol. The number of hydrogen-bond donors (Lipinski definition) is 3. The molecule has 16 nitrogen and oxygen atoms in total. The van der Waals surface area contributed by atoms with E-state index in [1.54, 1.807) is 24.3 Å². The van der Waals surface area contributed by atoms with Crippen molar-refractivity contribution in [1.82, 2.24) is 25.9 Å². The monoisotopic (exact) mass is 1020 g/mol. The largest absolute Gasteiger partial charge is 0.493 e. The predicted molar refractivity (Wildman–Crippen MR) is 284 cm³/mol. The summed E-state index contributed by atoms with van der Waals surface area (Å²) < 4.78 is 28.2. The van der Waals surface area contributed by atoms with Crippen molar-refractivity contribution in [3.05, 3.63) is 148 Å². The van der Waals surface area contributed by atoms with Crippen LogP contribution >= 0.6 is 8.38 Å². The number of carbonyl (C=O) groups excluding carboxylic acids is 5. The summed E-state index contributed by atoms with van der Waals surface area (Å²) in [7, 11) is 2.38. The van der Waals surface area contributed by atoms with E-state index >= 15 is 0 Å². The van der Waals surface area contributed by atoms with Crippen LogP contribution in [0.1, 0.15) is 106 Å². The molecule has 2 atom stereocenters. The van der Waals surface area contributed by atoms with Crippen molar-refractivity contribution in [2.45, 2.75) is 85.6 Å². The molecule has 0 radical (unpaired) electrons. The molecule has 73 heavy (non-hydrogen) atoms. The van der Waals surface area contributed by atoms with Crippen LogP contribution < -0.4 is 20.7 Å². The molecule has 4 aromatic carbocycles. The molecule has 1 aliphatic rings. The van der Waals surface area contributed by atoms with Gasteiger partial charge in [-0.1, -0.05) is 118 Å². The molecule has 2 heterocycles. The van der Waals surface area contributed by atoms with Crippen LogP contribution in [0.4, 0.5) is 0 Å². The Kier molecular flexibility index (Phi) is 28.0. The van der Waals surface area contributed by atoms with Gasteiger partial charge in [0.25, 0.3) is 5.91 Å². The fourth-order valence-corrected chi connectivity index (χ4v) is 8.91. The minimum atomic E-state index is -0.919. The summed E-state index contributed by atoms with van der Waals surface area (Å²) in [4.78, 5) is 66.5. The quantitative estimate of drug-likeness (QED) is 0.0142. The number of morpholine rings is 1. The van der Waals surface area contributed by atoms with Gasteiger partial charge in [-0.25, -0.2) is 5.06 Å². The van der Waals surface area contributed by atoms with Gasteiger partial charge in [-0.2, -0.15) is 0 Å². The first-order chi connectivity index (χ1) is 35.6. The van der Waals surface area contributed by atoms with Crippen molar-refractivity contribution in [2.75, 3.05) is 60.0 Å². The van der Waals surface area contributed by atoms with Crippen LogP contribution in [0.5, 0.6) is 5.75 Å². The molecule has 0 aliphatic carbocycles. The maximum Gasteiger partial charge on any atom is 0.288 e. The number of aldehydes is 2. The van der Waals surface area contributed by atoms with E-state index in [0.29, 0.717) is 68.0 Å². The molecule has 5 aromatic rings. The molecule has 6 rings (SSSR count). The molecule has 0 bridgehead atoms. The number of aryl methyl sites for hydroxylation is 1. The number of benzene rings is 4. The highest BCUT2D eigenvalue weighted by atomic mass is 31.2. The number of carbonyl (C=O) groups is 5. The smallest absolute Gasteiger partial charge is 0.288 e. The van der Waals surface area contributed by atoms with Gasteiger partial charge in [0, 0.05) is 30.8 Å². The Labute approximate surface area is 432 Å². The third-order valence-electron chi connectivity index (χ3n) is 11.7. The summed E-state index contributed by atoms with van der Waals surface area (Å²) >= 11 is 0. The van der Waals surface area contributed by atoms with E-state index in [2.05, 4.69) is 58.1 Å². The van der Waals surface area contributed by atoms with Crippen molar-refractivity contribution in [2.24, 2.45) is 5.92 Å². The molecule has 2 unspecified atom stereocenters. The fourth-order valence-electron chi connectivity index (χ4n) is 7.81. The molecule has 17 heteroatoms. The van der Waals surface area contributed by atoms with E-state index in [0.717, 1.165) is 80.9 Å². The fraction of sp³-hybridized carbons (Fsp3) is 0.411. The van der Waals surface area contributed by atoms with E-state index in [-0.39, 0.29) is 18.3 Å². The molecule has 1 aliphatic heterocycles. The molecular weight excluding hydrogens is 950 g/mol. The van der Waals surface area contributed by atoms with Crippen LogP contribution in [-0.4, -0.2) is 107 Å². The maximum absolute atomic E-state index is 13.0. The summed E-state index contributed by atoms with van der Waals surface area (Å²) in [5.41, 5.74) is 6.51. The first-order valence-electron chi connectivity index (χ1n) is 24.9. The number of rotatable bonds is 28. The predicted octanol–water partition coefficient (Wildman–Crippen LogP) is 9.50. The van der Waals surface area contributed by atoms with Gasteiger partial charge in [0.1, 0.15) is 17.8 Å². The van der Waals surface area contributed by atoms with E-state index in [1.807, 2.05) is 76.3 Å². The Morgan fingerprint density at radius 3 is 2.01 bits per heavy atom. The van der Waals surface area contributed by atoms with Gasteiger partial charge in [0.2, 0.25) is 12.3 Å². The van der Waals surface area contributed by atoms with Gasteiger partial charge in [-0.3, -0.25) is 33.7 Å².